The molecule has 0 aromatic heterocycles. The summed E-state index contributed by atoms with van der Waals surface area (Å²) in [7, 11) is 0. The molecule has 0 aliphatic heterocycles. The van der Waals surface area contributed by atoms with Gasteiger partial charge < -0.3 is 7.43 Å². The van der Waals surface area contributed by atoms with Crippen molar-refractivity contribution in [3.05, 3.63) is 67.1 Å². The monoisotopic (exact) mass is 353 g/mol. The Morgan fingerprint density at radius 1 is 0.643 bits per heavy atom. The molecule has 2 rings (SSSR count). The van der Waals surface area contributed by atoms with Crippen LogP contribution in [0.15, 0.2) is 48.5 Å². The van der Waals surface area contributed by atoms with Crippen LogP contribution in [-0.4, -0.2) is 0 Å². The minimum Gasteiger partial charge on any atom is -0.358 e. The number of hydrogen-bond acceptors (Lipinski definition) is 0. The van der Waals surface area contributed by atoms with Crippen LogP contribution in [0.2, 0.25) is 0 Å². The van der Waals surface area contributed by atoms with Crippen molar-refractivity contribution >= 4 is 0 Å². The van der Waals surface area contributed by atoms with Gasteiger partial charge in [-0.3, -0.25) is 0 Å². The molecule has 0 aliphatic carbocycles. The fourth-order valence-electron chi connectivity index (χ4n) is 0.940. The van der Waals surface area contributed by atoms with E-state index in [0.29, 0.717) is 0 Å². The summed E-state index contributed by atoms with van der Waals surface area (Å²) in [6.45, 7) is 4.17. The summed E-state index contributed by atoms with van der Waals surface area (Å²) in [6, 6.07) is 16.5. The van der Waals surface area contributed by atoms with Gasteiger partial charge in [-0.15, -0.1) is 0 Å². The molecule has 76 valence electrons. The molecule has 2 aromatic carbocycles. The third kappa shape index (κ3) is 7.02. The average Bonchev–Trinajstić information content (AvgIpc) is 2.63. The van der Waals surface area contributed by atoms with E-state index >= 15 is 0 Å². The molecule has 0 unspecified atom stereocenters. The standard InChI is InChI=1S/2C6H7.CH3.Hf/c2*1-6-4-2-3-5-6;;/h2*2-5H,1H3;1H3;/q3*-1;. The van der Waals surface area contributed by atoms with E-state index in [-0.39, 0.29) is 33.3 Å². The predicted molar refractivity (Wildman–Crippen MR) is 60.0 cm³/mol. The Kier molecular flexibility index (Phi) is 10.5. The molecule has 0 radical (unpaired) electrons. The van der Waals surface area contributed by atoms with Crippen molar-refractivity contribution in [2.45, 2.75) is 13.8 Å². The molecule has 0 atom stereocenters. The zero-order valence-corrected chi connectivity index (χ0v) is 12.7. The third-order valence-corrected chi connectivity index (χ3v) is 1.66. The summed E-state index contributed by atoms with van der Waals surface area (Å²) in [6.07, 6.45) is 0. The molecule has 0 spiro atoms. The van der Waals surface area contributed by atoms with Crippen LogP contribution in [-0.2, 0) is 25.8 Å². The summed E-state index contributed by atoms with van der Waals surface area (Å²) in [4.78, 5) is 0. The van der Waals surface area contributed by atoms with E-state index < -0.39 is 0 Å². The van der Waals surface area contributed by atoms with Gasteiger partial charge in [-0.1, -0.05) is 13.8 Å². The normalized spacial score (nSPS) is 7.57. The van der Waals surface area contributed by atoms with Crippen LogP contribution >= 0.6 is 0 Å². The molecule has 0 bridgehead atoms. The van der Waals surface area contributed by atoms with Crippen LogP contribution in [0, 0.1) is 21.3 Å². The smallest absolute Gasteiger partial charge is 0 e. The molecule has 0 heterocycles. The summed E-state index contributed by atoms with van der Waals surface area (Å²) in [5.41, 5.74) is 2.69. The second-order valence-corrected chi connectivity index (χ2v) is 2.92. The first-order valence-electron chi connectivity index (χ1n) is 4.15. The summed E-state index contributed by atoms with van der Waals surface area (Å²) >= 11 is 0. The van der Waals surface area contributed by atoms with Gasteiger partial charge in [0.05, 0.1) is 0 Å². The van der Waals surface area contributed by atoms with Gasteiger partial charge in [-0.05, 0) is 0 Å². The molecule has 0 N–H and O–H groups in total. The number of aryl methyl sites for hydroxylation is 2. The Morgan fingerprint density at radius 3 is 0.929 bits per heavy atom. The Balaban J connectivity index is 0. The van der Waals surface area contributed by atoms with Gasteiger partial charge >= 0.3 is 0 Å². The quantitative estimate of drug-likeness (QED) is 0.499. The van der Waals surface area contributed by atoms with Crippen molar-refractivity contribution in [2.75, 3.05) is 0 Å². The van der Waals surface area contributed by atoms with Gasteiger partial charge in [0.1, 0.15) is 0 Å². The molecule has 2 aromatic rings. The largest absolute Gasteiger partial charge is 0.358 e. The van der Waals surface area contributed by atoms with Crippen molar-refractivity contribution in [1.82, 2.24) is 0 Å². The van der Waals surface area contributed by atoms with Crippen molar-refractivity contribution in [1.29, 1.82) is 0 Å². The molecule has 0 aliphatic rings. The van der Waals surface area contributed by atoms with Crippen molar-refractivity contribution in [2.24, 2.45) is 0 Å². The van der Waals surface area contributed by atoms with Crippen molar-refractivity contribution < 1.29 is 25.8 Å². The molecule has 0 nitrogen and oxygen atoms in total. The fraction of sp³-hybridized carbons (Fsp3) is 0.154. The predicted octanol–water partition coefficient (Wildman–Crippen LogP) is 3.88. The minimum atomic E-state index is 0. The zero-order chi connectivity index (χ0) is 8.81. The second-order valence-electron chi connectivity index (χ2n) is 2.92. The summed E-state index contributed by atoms with van der Waals surface area (Å²) < 4.78 is 0. The Bertz CT molecular complexity index is 245. The maximum absolute atomic E-state index is 2.08. The Hall–Kier alpha value is -0.430. The van der Waals surface area contributed by atoms with E-state index in [1.165, 1.54) is 11.1 Å². The van der Waals surface area contributed by atoms with Crippen LogP contribution in [0.25, 0.3) is 0 Å². The molecular formula is C13H17Hf-3. The van der Waals surface area contributed by atoms with Gasteiger partial charge in [0.15, 0.2) is 0 Å². The third-order valence-electron chi connectivity index (χ3n) is 1.66. The van der Waals surface area contributed by atoms with Crippen LogP contribution < -0.4 is 0 Å². The second kappa shape index (κ2) is 9.14. The van der Waals surface area contributed by atoms with Gasteiger partial charge in [0.2, 0.25) is 0 Å². The van der Waals surface area contributed by atoms with Crippen LogP contribution in [0.3, 0.4) is 0 Å². The fourth-order valence-corrected chi connectivity index (χ4v) is 0.940. The average molecular weight is 352 g/mol. The maximum Gasteiger partial charge on any atom is 0 e. The van der Waals surface area contributed by atoms with E-state index in [4.69, 9.17) is 0 Å². The summed E-state index contributed by atoms with van der Waals surface area (Å²) in [5.74, 6) is 0. The van der Waals surface area contributed by atoms with Gasteiger partial charge in [-0.2, -0.15) is 35.4 Å². The van der Waals surface area contributed by atoms with Crippen molar-refractivity contribution in [3.63, 3.8) is 0 Å². The van der Waals surface area contributed by atoms with E-state index in [2.05, 4.69) is 38.1 Å². The van der Waals surface area contributed by atoms with E-state index in [1.54, 1.807) is 0 Å². The Labute approximate surface area is 106 Å². The molecular weight excluding hydrogens is 335 g/mol. The van der Waals surface area contributed by atoms with Crippen LogP contribution in [0.5, 0.6) is 0 Å². The van der Waals surface area contributed by atoms with E-state index in [0.717, 1.165) is 0 Å². The topological polar surface area (TPSA) is 0 Å². The van der Waals surface area contributed by atoms with Crippen LogP contribution in [0.4, 0.5) is 0 Å². The zero-order valence-electron chi connectivity index (χ0n) is 9.12. The van der Waals surface area contributed by atoms with Crippen molar-refractivity contribution in [3.8, 4) is 0 Å². The molecule has 0 fully saturated rings. The first kappa shape index (κ1) is 16.0. The first-order chi connectivity index (χ1) is 5.79. The minimum absolute atomic E-state index is 0. The molecule has 14 heavy (non-hydrogen) atoms. The first-order valence-corrected chi connectivity index (χ1v) is 4.15. The van der Waals surface area contributed by atoms with Crippen LogP contribution in [0.1, 0.15) is 11.1 Å². The number of rotatable bonds is 0. The molecule has 0 saturated heterocycles. The van der Waals surface area contributed by atoms with Gasteiger partial charge in [-0.25, -0.2) is 24.3 Å². The summed E-state index contributed by atoms with van der Waals surface area (Å²) in [5, 5.41) is 0. The van der Waals surface area contributed by atoms with Gasteiger partial charge in [0.25, 0.3) is 0 Å². The number of hydrogen-bond donors (Lipinski definition) is 0. The Morgan fingerprint density at radius 2 is 0.857 bits per heavy atom. The van der Waals surface area contributed by atoms with Gasteiger partial charge in [0, 0.05) is 25.8 Å². The SMILES string of the molecule is C[c-]1cccc1.C[c-]1cccc1.[CH3-].[Hf]. The maximum atomic E-state index is 2.08. The van der Waals surface area contributed by atoms with E-state index in [9.17, 15) is 0 Å². The molecule has 0 amide bonds. The van der Waals surface area contributed by atoms with E-state index in [1.807, 2.05) is 24.3 Å². The molecule has 1 heteroatoms. The molecule has 0 saturated carbocycles.